The minimum Gasteiger partial charge on any atom is -0.493 e. The van der Waals surface area contributed by atoms with Crippen molar-refractivity contribution in [3.05, 3.63) is 39.5 Å². The molecule has 1 heterocycles. The van der Waals surface area contributed by atoms with Gasteiger partial charge in [0.15, 0.2) is 16.9 Å². The van der Waals surface area contributed by atoms with Crippen molar-refractivity contribution in [3.8, 4) is 11.5 Å². The Hall–Kier alpha value is -2.40. The van der Waals surface area contributed by atoms with Gasteiger partial charge in [0.05, 0.1) is 41.3 Å². The Bertz CT molecular complexity index is 964. The lowest BCUT2D eigenvalue weighted by Gasteiger charge is -2.18. The molecule has 0 aliphatic carbocycles. The molecule has 3 rings (SSSR count). The summed E-state index contributed by atoms with van der Waals surface area (Å²) < 4.78 is 10.6. The fourth-order valence-corrected chi connectivity index (χ4v) is 3.10. The summed E-state index contributed by atoms with van der Waals surface area (Å²) in [5.41, 5.74) is 2.07. The van der Waals surface area contributed by atoms with E-state index < -0.39 is 0 Å². The minimum absolute atomic E-state index is 0.0746. The molecule has 0 bridgehead atoms. The molecule has 0 radical (unpaired) electrons. The number of aromatic amines is 1. The van der Waals surface area contributed by atoms with Gasteiger partial charge in [-0.1, -0.05) is 11.6 Å². The Morgan fingerprint density at radius 2 is 1.70 bits per heavy atom. The highest BCUT2D eigenvalue weighted by atomic mass is 35.5. The molecule has 0 aliphatic rings. The number of aromatic nitrogens is 1. The van der Waals surface area contributed by atoms with Crippen LogP contribution in [0.5, 0.6) is 11.5 Å². The van der Waals surface area contributed by atoms with Crippen LogP contribution in [0.15, 0.2) is 29.1 Å². The first-order valence-electron chi connectivity index (χ1n) is 7.05. The summed E-state index contributed by atoms with van der Waals surface area (Å²) in [7, 11) is 6.88. The van der Waals surface area contributed by atoms with E-state index in [1.165, 1.54) is 0 Å². The minimum atomic E-state index is -0.0746. The van der Waals surface area contributed by atoms with Gasteiger partial charge >= 0.3 is 0 Å². The zero-order chi connectivity index (χ0) is 16.7. The van der Waals surface area contributed by atoms with Gasteiger partial charge in [0.25, 0.3) is 0 Å². The van der Waals surface area contributed by atoms with Crippen molar-refractivity contribution in [2.45, 2.75) is 0 Å². The Morgan fingerprint density at radius 1 is 1.04 bits per heavy atom. The maximum atomic E-state index is 12.9. The van der Waals surface area contributed by atoms with Crippen LogP contribution in [0.3, 0.4) is 0 Å². The molecule has 0 fully saturated rings. The first-order chi connectivity index (χ1) is 11.0. The van der Waals surface area contributed by atoms with E-state index in [1.807, 2.05) is 19.0 Å². The maximum Gasteiger partial charge on any atom is 0.197 e. The van der Waals surface area contributed by atoms with Crippen LogP contribution in [0.25, 0.3) is 21.8 Å². The van der Waals surface area contributed by atoms with Crippen molar-refractivity contribution in [1.82, 2.24) is 4.98 Å². The van der Waals surface area contributed by atoms with Gasteiger partial charge < -0.3 is 19.4 Å². The number of hydrogen-bond donors (Lipinski definition) is 1. The first kappa shape index (κ1) is 15.5. The molecule has 0 atom stereocenters. The molecule has 1 aromatic heterocycles. The number of fused-ring (bicyclic) bond motifs is 2. The van der Waals surface area contributed by atoms with Crippen LogP contribution in [-0.4, -0.2) is 33.3 Å². The molecular formula is C17H17ClN2O3. The molecule has 0 spiro atoms. The van der Waals surface area contributed by atoms with Crippen LogP contribution in [0, 0.1) is 0 Å². The molecule has 0 saturated carbocycles. The Balaban J connectivity index is 2.50. The van der Waals surface area contributed by atoms with Gasteiger partial charge in [-0.15, -0.1) is 0 Å². The highest BCUT2D eigenvalue weighted by Gasteiger charge is 2.15. The number of nitrogens with one attached hydrogen (secondary N) is 1. The Morgan fingerprint density at radius 3 is 2.30 bits per heavy atom. The second-order valence-electron chi connectivity index (χ2n) is 5.42. The molecule has 0 unspecified atom stereocenters. The smallest absolute Gasteiger partial charge is 0.197 e. The maximum absolute atomic E-state index is 12.9. The average molecular weight is 333 g/mol. The van der Waals surface area contributed by atoms with E-state index in [0.717, 1.165) is 5.69 Å². The van der Waals surface area contributed by atoms with Crippen LogP contribution in [0.1, 0.15) is 0 Å². The number of hydrogen-bond acceptors (Lipinski definition) is 4. The van der Waals surface area contributed by atoms with Gasteiger partial charge in [-0.05, 0) is 18.2 Å². The fourth-order valence-electron chi connectivity index (χ4n) is 2.77. The third kappa shape index (κ3) is 2.37. The van der Waals surface area contributed by atoms with Gasteiger partial charge in [-0.25, -0.2) is 0 Å². The standard InChI is InChI=1S/C17H17ClN2O3/c1-20(2)16-11(18)6-5-9-15(16)19-12-8-14(23-4)13(22-3)7-10(12)17(9)21/h5-8H,1-4H3,(H,19,21). The summed E-state index contributed by atoms with van der Waals surface area (Å²) >= 11 is 6.30. The van der Waals surface area contributed by atoms with Crippen LogP contribution in [-0.2, 0) is 0 Å². The van der Waals surface area contributed by atoms with E-state index in [-0.39, 0.29) is 5.43 Å². The number of nitrogens with zero attached hydrogens (tertiary/aromatic N) is 1. The quantitative estimate of drug-likeness (QED) is 0.747. The number of H-pyrrole nitrogens is 1. The third-order valence-electron chi connectivity index (χ3n) is 3.85. The van der Waals surface area contributed by atoms with E-state index in [9.17, 15) is 4.79 Å². The molecular weight excluding hydrogens is 316 g/mol. The number of methoxy groups -OCH3 is 2. The number of pyridine rings is 1. The van der Waals surface area contributed by atoms with Crippen LogP contribution in [0.2, 0.25) is 5.02 Å². The molecule has 2 aromatic carbocycles. The van der Waals surface area contributed by atoms with Gasteiger partial charge in [0.2, 0.25) is 0 Å². The van der Waals surface area contributed by atoms with Gasteiger partial charge in [0.1, 0.15) is 0 Å². The van der Waals surface area contributed by atoms with Crippen LogP contribution < -0.4 is 19.8 Å². The second kappa shape index (κ2) is 5.66. The Kier molecular flexibility index (Phi) is 3.82. The van der Waals surface area contributed by atoms with E-state index in [4.69, 9.17) is 21.1 Å². The molecule has 3 aromatic rings. The molecule has 6 heteroatoms. The van der Waals surface area contributed by atoms with Crippen molar-refractivity contribution >= 4 is 39.1 Å². The molecule has 120 valence electrons. The normalized spacial score (nSPS) is 11.0. The average Bonchev–Trinajstić information content (AvgIpc) is 2.53. The van der Waals surface area contributed by atoms with Crippen molar-refractivity contribution in [2.24, 2.45) is 0 Å². The largest absolute Gasteiger partial charge is 0.493 e. The predicted molar refractivity (Wildman–Crippen MR) is 94.5 cm³/mol. The van der Waals surface area contributed by atoms with E-state index >= 15 is 0 Å². The summed E-state index contributed by atoms with van der Waals surface area (Å²) in [6.07, 6.45) is 0. The van der Waals surface area contributed by atoms with Crippen LogP contribution in [0.4, 0.5) is 5.69 Å². The first-order valence-corrected chi connectivity index (χ1v) is 7.43. The van der Waals surface area contributed by atoms with Crippen molar-refractivity contribution in [1.29, 1.82) is 0 Å². The monoisotopic (exact) mass is 332 g/mol. The topological polar surface area (TPSA) is 54.6 Å². The van der Waals surface area contributed by atoms with Crippen LogP contribution >= 0.6 is 11.6 Å². The number of benzene rings is 2. The number of rotatable bonds is 3. The molecule has 5 nitrogen and oxygen atoms in total. The summed E-state index contributed by atoms with van der Waals surface area (Å²) in [5.74, 6) is 1.08. The zero-order valence-electron chi connectivity index (χ0n) is 13.4. The van der Waals surface area contributed by atoms with Gasteiger partial charge in [0, 0.05) is 25.5 Å². The molecule has 1 N–H and O–H groups in total. The summed E-state index contributed by atoms with van der Waals surface area (Å²) in [5, 5.41) is 1.71. The zero-order valence-corrected chi connectivity index (χ0v) is 14.1. The number of halogens is 1. The molecule has 0 amide bonds. The fraction of sp³-hybridized carbons (Fsp3) is 0.235. The van der Waals surface area contributed by atoms with Crippen molar-refractivity contribution in [2.75, 3.05) is 33.2 Å². The SMILES string of the molecule is COc1cc2[nH]c3c(N(C)C)c(Cl)ccc3c(=O)c2cc1OC. The van der Waals surface area contributed by atoms with E-state index in [1.54, 1.807) is 38.5 Å². The lowest BCUT2D eigenvalue weighted by atomic mass is 10.1. The van der Waals surface area contributed by atoms with Crippen molar-refractivity contribution in [3.63, 3.8) is 0 Å². The lowest BCUT2D eigenvalue weighted by molar-refractivity contribution is 0.356. The predicted octanol–water partition coefficient (Wildman–Crippen LogP) is 3.42. The Labute approximate surface area is 138 Å². The van der Waals surface area contributed by atoms with Gasteiger partial charge in [-0.2, -0.15) is 0 Å². The highest BCUT2D eigenvalue weighted by molar-refractivity contribution is 6.34. The molecule has 23 heavy (non-hydrogen) atoms. The highest BCUT2D eigenvalue weighted by Crippen LogP contribution is 2.34. The van der Waals surface area contributed by atoms with Crippen molar-refractivity contribution < 1.29 is 9.47 Å². The summed E-state index contributed by atoms with van der Waals surface area (Å²) in [4.78, 5) is 18.1. The summed E-state index contributed by atoms with van der Waals surface area (Å²) in [6, 6.07) is 6.92. The third-order valence-corrected chi connectivity index (χ3v) is 4.15. The number of ether oxygens (including phenoxy) is 2. The van der Waals surface area contributed by atoms with Gasteiger partial charge in [-0.3, -0.25) is 4.79 Å². The van der Waals surface area contributed by atoms with E-state index in [2.05, 4.69) is 4.98 Å². The second-order valence-corrected chi connectivity index (χ2v) is 5.83. The summed E-state index contributed by atoms with van der Waals surface area (Å²) in [6.45, 7) is 0. The number of anilines is 1. The van der Waals surface area contributed by atoms with E-state index in [0.29, 0.717) is 38.3 Å². The lowest BCUT2D eigenvalue weighted by Crippen LogP contribution is -2.13. The molecule has 0 saturated heterocycles. The molecule has 0 aliphatic heterocycles.